The highest BCUT2D eigenvalue weighted by molar-refractivity contribution is 6.18. The molecule has 1 N–H and O–H groups in total. The topological polar surface area (TPSA) is 97.7 Å². The first-order valence-electron chi connectivity index (χ1n) is 5.55. The van der Waals surface area contributed by atoms with Crippen molar-refractivity contribution in [1.82, 2.24) is 0 Å². The van der Waals surface area contributed by atoms with Gasteiger partial charge in [0.15, 0.2) is 5.78 Å². The van der Waals surface area contributed by atoms with Gasteiger partial charge in [-0.15, -0.1) is 0 Å². The number of carbonyl (C=O) groups is 4. The third-order valence-electron chi connectivity index (χ3n) is 2.80. The number of Topliss-reactive ketones (excluding diaryl/α,β-unsaturated/α-hetero) is 1. The molecule has 0 aliphatic carbocycles. The summed E-state index contributed by atoms with van der Waals surface area (Å²) < 4.78 is 4.38. The lowest BCUT2D eigenvalue weighted by Gasteiger charge is -2.08. The predicted octanol–water partition coefficient (Wildman–Crippen LogP) is 1.53. The van der Waals surface area contributed by atoms with Crippen LogP contribution in [0.25, 0.3) is 0 Å². The van der Waals surface area contributed by atoms with Crippen molar-refractivity contribution >= 4 is 23.7 Å². The Hall–Kier alpha value is -2.50. The lowest BCUT2D eigenvalue weighted by Crippen LogP contribution is -2.15. The second-order valence-corrected chi connectivity index (χ2v) is 4.44. The number of carbonyl (C=O) groups excluding carboxylic acids is 3. The van der Waals surface area contributed by atoms with Crippen LogP contribution in [0.15, 0.2) is 12.1 Å². The maximum Gasteiger partial charge on any atom is 0.346 e. The van der Waals surface area contributed by atoms with Crippen molar-refractivity contribution in [3.8, 4) is 0 Å². The number of esters is 2. The summed E-state index contributed by atoms with van der Waals surface area (Å²) in [7, 11) is 0. The fraction of sp³-hybridized carbons (Fsp3) is 0.231. The molecule has 1 aromatic rings. The van der Waals surface area contributed by atoms with Crippen LogP contribution in [0.4, 0.5) is 0 Å². The first-order valence-corrected chi connectivity index (χ1v) is 5.55. The smallest absolute Gasteiger partial charge is 0.346 e. The van der Waals surface area contributed by atoms with Gasteiger partial charge in [-0.05, 0) is 12.1 Å². The maximum absolute atomic E-state index is 12.0. The number of hydrogen-bond donors (Lipinski definition) is 1. The summed E-state index contributed by atoms with van der Waals surface area (Å²) in [4.78, 5) is 45.8. The number of carboxylic acid groups (broad SMARTS) is 1. The standard InChI is InChI=1S/C13H10O6/c1-5(2)10(14)6-3-8-9(4-7(6)11(15)16)13(18)19-12(8)17/h3-5H,1-2H3,(H,15,16). The number of ketones is 1. The minimum absolute atomic E-state index is 0.0704. The summed E-state index contributed by atoms with van der Waals surface area (Å²) in [6.45, 7) is 3.23. The van der Waals surface area contributed by atoms with Gasteiger partial charge in [-0.1, -0.05) is 13.8 Å². The lowest BCUT2D eigenvalue weighted by atomic mass is 9.92. The largest absolute Gasteiger partial charge is 0.478 e. The normalized spacial score (nSPS) is 13.4. The Kier molecular flexibility index (Phi) is 2.94. The van der Waals surface area contributed by atoms with Gasteiger partial charge in [0.1, 0.15) is 0 Å². The molecule has 6 nitrogen and oxygen atoms in total. The highest BCUT2D eigenvalue weighted by Crippen LogP contribution is 2.26. The van der Waals surface area contributed by atoms with E-state index in [1.165, 1.54) is 0 Å². The second-order valence-electron chi connectivity index (χ2n) is 4.44. The number of rotatable bonds is 3. The van der Waals surface area contributed by atoms with Crippen LogP contribution in [-0.2, 0) is 4.74 Å². The summed E-state index contributed by atoms with van der Waals surface area (Å²) in [5.74, 6) is -3.93. The van der Waals surface area contributed by atoms with E-state index in [-0.39, 0.29) is 22.3 Å². The predicted molar refractivity (Wildman–Crippen MR) is 62.3 cm³/mol. The number of fused-ring (bicyclic) bond motifs is 1. The van der Waals surface area contributed by atoms with Gasteiger partial charge in [-0.3, -0.25) is 4.79 Å². The van der Waals surface area contributed by atoms with Crippen molar-refractivity contribution in [3.05, 3.63) is 34.4 Å². The van der Waals surface area contributed by atoms with Crippen LogP contribution < -0.4 is 0 Å². The molecule has 1 aliphatic heterocycles. The van der Waals surface area contributed by atoms with Crippen molar-refractivity contribution < 1.29 is 29.0 Å². The molecular formula is C13H10O6. The molecule has 0 fully saturated rings. The van der Waals surface area contributed by atoms with E-state index in [1.54, 1.807) is 13.8 Å². The molecule has 1 aromatic carbocycles. The number of benzene rings is 1. The fourth-order valence-electron chi connectivity index (χ4n) is 1.82. The van der Waals surface area contributed by atoms with Crippen LogP contribution in [0.1, 0.15) is 55.3 Å². The van der Waals surface area contributed by atoms with Crippen molar-refractivity contribution in [2.24, 2.45) is 5.92 Å². The monoisotopic (exact) mass is 262 g/mol. The van der Waals surface area contributed by atoms with Gasteiger partial charge >= 0.3 is 17.9 Å². The maximum atomic E-state index is 12.0. The van der Waals surface area contributed by atoms with Crippen LogP contribution >= 0.6 is 0 Å². The number of cyclic esters (lactones) is 2. The van der Waals surface area contributed by atoms with Crippen molar-refractivity contribution in [3.63, 3.8) is 0 Å². The van der Waals surface area contributed by atoms with Crippen LogP contribution in [0.2, 0.25) is 0 Å². The first-order chi connectivity index (χ1) is 8.82. The Morgan fingerprint density at radius 1 is 1.05 bits per heavy atom. The molecule has 0 aromatic heterocycles. The summed E-state index contributed by atoms with van der Waals surface area (Å²) in [5.41, 5.74) is -0.585. The molecule has 0 spiro atoms. The van der Waals surface area contributed by atoms with Crippen LogP contribution in [0.3, 0.4) is 0 Å². The van der Waals surface area contributed by atoms with E-state index in [0.29, 0.717) is 0 Å². The van der Waals surface area contributed by atoms with Gasteiger partial charge in [-0.2, -0.15) is 0 Å². The average molecular weight is 262 g/mol. The van der Waals surface area contributed by atoms with Gasteiger partial charge < -0.3 is 9.84 Å². The Morgan fingerprint density at radius 3 is 1.95 bits per heavy atom. The third-order valence-corrected chi connectivity index (χ3v) is 2.80. The Morgan fingerprint density at radius 2 is 1.53 bits per heavy atom. The number of ether oxygens (including phenoxy) is 1. The molecule has 98 valence electrons. The molecule has 0 bridgehead atoms. The summed E-state index contributed by atoms with van der Waals surface area (Å²) in [5, 5.41) is 9.09. The molecule has 0 amide bonds. The Labute approximate surface area is 108 Å². The van der Waals surface area contributed by atoms with E-state index >= 15 is 0 Å². The third kappa shape index (κ3) is 2.01. The molecule has 0 unspecified atom stereocenters. The zero-order valence-corrected chi connectivity index (χ0v) is 10.2. The van der Waals surface area contributed by atoms with Gasteiger partial charge in [0.05, 0.1) is 16.7 Å². The number of hydrogen-bond acceptors (Lipinski definition) is 5. The van der Waals surface area contributed by atoms with E-state index in [4.69, 9.17) is 5.11 Å². The molecule has 0 radical (unpaired) electrons. The summed E-state index contributed by atoms with van der Waals surface area (Å²) in [6, 6.07) is 2.13. The highest BCUT2D eigenvalue weighted by atomic mass is 16.6. The van der Waals surface area contributed by atoms with Crippen LogP contribution in [0.5, 0.6) is 0 Å². The van der Waals surface area contributed by atoms with Crippen molar-refractivity contribution in [2.45, 2.75) is 13.8 Å². The minimum atomic E-state index is -1.33. The quantitative estimate of drug-likeness (QED) is 0.504. The molecule has 6 heteroatoms. The van der Waals surface area contributed by atoms with E-state index in [2.05, 4.69) is 4.74 Å². The van der Waals surface area contributed by atoms with E-state index in [9.17, 15) is 19.2 Å². The minimum Gasteiger partial charge on any atom is -0.478 e. The van der Waals surface area contributed by atoms with Gasteiger partial charge in [-0.25, -0.2) is 14.4 Å². The highest BCUT2D eigenvalue weighted by Gasteiger charge is 2.33. The van der Waals surface area contributed by atoms with Gasteiger partial charge in [0.2, 0.25) is 0 Å². The molecule has 0 saturated carbocycles. The van der Waals surface area contributed by atoms with Gasteiger partial charge in [0, 0.05) is 11.5 Å². The van der Waals surface area contributed by atoms with E-state index in [0.717, 1.165) is 12.1 Å². The number of carboxylic acids is 1. The SMILES string of the molecule is CC(C)C(=O)c1cc2c(cc1C(=O)O)C(=O)OC2=O. The molecule has 0 atom stereocenters. The average Bonchev–Trinajstić information content (AvgIpc) is 2.62. The zero-order valence-electron chi connectivity index (χ0n) is 10.2. The molecule has 19 heavy (non-hydrogen) atoms. The van der Waals surface area contributed by atoms with Crippen LogP contribution in [0, 0.1) is 5.92 Å². The molecule has 1 aliphatic rings. The number of aromatic carboxylic acids is 1. The molecular weight excluding hydrogens is 252 g/mol. The fourth-order valence-corrected chi connectivity index (χ4v) is 1.82. The lowest BCUT2D eigenvalue weighted by molar-refractivity contribution is 0.0443. The Balaban J connectivity index is 2.70. The van der Waals surface area contributed by atoms with Crippen molar-refractivity contribution in [1.29, 1.82) is 0 Å². The molecule has 0 saturated heterocycles. The first kappa shape index (κ1) is 12.9. The Bertz CT molecular complexity index is 626. The molecule has 1 heterocycles. The van der Waals surface area contributed by atoms with E-state index in [1.807, 2.05) is 0 Å². The summed E-state index contributed by atoms with van der Waals surface area (Å²) >= 11 is 0. The zero-order chi connectivity index (χ0) is 14.3. The second kappa shape index (κ2) is 4.31. The van der Waals surface area contributed by atoms with Crippen LogP contribution in [-0.4, -0.2) is 28.8 Å². The molecule has 2 rings (SSSR count). The summed E-state index contributed by atoms with van der Waals surface area (Å²) in [6.07, 6.45) is 0. The van der Waals surface area contributed by atoms with Crippen molar-refractivity contribution in [2.75, 3.05) is 0 Å². The van der Waals surface area contributed by atoms with E-state index < -0.39 is 29.6 Å². The van der Waals surface area contributed by atoms with Gasteiger partial charge in [0.25, 0.3) is 0 Å².